The van der Waals surface area contributed by atoms with E-state index in [-0.39, 0.29) is 6.42 Å². The quantitative estimate of drug-likeness (QED) is 0.487. The van der Waals surface area contributed by atoms with Gasteiger partial charge in [0.2, 0.25) is 0 Å². The van der Waals surface area contributed by atoms with Gasteiger partial charge in [-0.3, -0.25) is 9.57 Å². The lowest BCUT2D eigenvalue weighted by molar-refractivity contribution is -0.270. The predicted molar refractivity (Wildman–Crippen MR) is 98.3 cm³/mol. The first kappa shape index (κ1) is 22.6. The summed E-state index contributed by atoms with van der Waals surface area (Å²) in [5, 5.41) is 19.3. The van der Waals surface area contributed by atoms with E-state index in [4.69, 9.17) is 15.6 Å². The second kappa shape index (κ2) is 8.00. The molecule has 1 aromatic rings. The summed E-state index contributed by atoms with van der Waals surface area (Å²) in [6.07, 6.45) is -6.10. The van der Waals surface area contributed by atoms with Crippen molar-refractivity contribution in [2.45, 2.75) is 43.5 Å². The van der Waals surface area contributed by atoms with E-state index in [2.05, 4.69) is 0 Å². The van der Waals surface area contributed by atoms with Crippen molar-refractivity contribution in [2.75, 3.05) is 11.5 Å². The topological polar surface area (TPSA) is 124 Å². The molecule has 1 saturated carbocycles. The van der Waals surface area contributed by atoms with Crippen molar-refractivity contribution in [3.8, 4) is 0 Å². The lowest BCUT2D eigenvalue weighted by atomic mass is 9.90. The first-order chi connectivity index (χ1) is 12.8. The van der Waals surface area contributed by atoms with Crippen molar-refractivity contribution in [3.05, 3.63) is 35.9 Å². The maximum absolute atomic E-state index is 13.8. The average molecular weight is 422 g/mol. The SMILES string of the molecule is C[C@H]1C(C(O)(CCS(=N)(=O)CC[C@H](N)C(=O)O)C(F)(F)F)[C@H]1c1ccccc1. The van der Waals surface area contributed by atoms with Crippen LogP contribution in [0.3, 0.4) is 0 Å². The van der Waals surface area contributed by atoms with Crippen molar-refractivity contribution in [2.24, 2.45) is 17.6 Å². The molecule has 0 aromatic heterocycles. The first-order valence-corrected chi connectivity index (χ1v) is 10.8. The van der Waals surface area contributed by atoms with Crippen LogP contribution in [0.1, 0.15) is 31.2 Å². The summed E-state index contributed by atoms with van der Waals surface area (Å²) in [6.45, 7) is 1.63. The lowest BCUT2D eigenvalue weighted by Gasteiger charge is -2.32. The number of carboxylic acids is 1. The van der Waals surface area contributed by atoms with Crippen LogP contribution in [-0.2, 0) is 14.5 Å². The van der Waals surface area contributed by atoms with E-state index in [1.54, 1.807) is 37.3 Å². The van der Waals surface area contributed by atoms with E-state index in [0.29, 0.717) is 5.56 Å². The summed E-state index contributed by atoms with van der Waals surface area (Å²) < 4.78 is 61.3. The van der Waals surface area contributed by atoms with Crippen LogP contribution < -0.4 is 5.73 Å². The largest absolute Gasteiger partial charge is 0.480 e. The number of carbonyl (C=O) groups is 1. The minimum atomic E-state index is -4.94. The molecule has 10 heteroatoms. The molecule has 28 heavy (non-hydrogen) atoms. The number of halogens is 3. The third kappa shape index (κ3) is 4.84. The molecular formula is C18H25F3N2O4S. The highest BCUT2D eigenvalue weighted by atomic mass is 32.2. The number of aliphatic carboxylic acids is 1. The van der Waals surface area contributed by atoms with Gasteiger partial charge in [-0.05, 0) is 30.2 Å². The second-order valence-corrected chi connectivity index (χ2v) is 9.89. The summed E-state index contributed by atoms with van der Waals surface area (Å²) in [5.74, 6) is -4.44. The van der Waals surface area contributed by atoms with Gasteiger partial charge in [0.25, 0.3) is 0 Å². The van der Waals surface area contributed by atoms with Crippen molar-refractivity contribution in [1.82, 2.24) is 0 Å². The highest BCUT2D eigenvalue weighted by Crippen LogP contribution is 2.63. The fourth-order valence-corrected chi connectivity index (χ4v) is 5.22. The number of hydrogen-bond donors (Lipinski definition) is 4. The van der Waals surface area contributed by atoms with Gasteiger partial charge in [0.1, 0.15) is 6.04 Å². The van der Waals surface area contributed by atoms with Gasteiger partial charge in [0, 0.05) is 27.2 Å². The summed E-state index contributed by atoms with van der Waals surface area (Å²) in [5.41, 5.74) is 2.93. The van der Waals surface area contributed by atoms with E-state index in [9.17, 15) is 27.3 Å². The van der Waals surface area contributed by atoms with Crippen LogP contribution in [0, 0.1) is 16.6 Å². The molecular weight excluding hydrogens is 397 g/mol. The van der Waals surface area contributed by atoms with Crippen LogP contribution in [0.25, 0.3) is 0 Å². The Morgan fingerprint density at radius 3 is 2.36 bits per heavy atom. The van der Waals surface area contributed by atoms with Gasteiger partial charge in [0.15, 0.2) is 5.60 Å². The second-order valence-electron chi connectivity index (χ2n) is 7.45. The molecule has 1 aliphatic carbocycles. The predicted octanol–water partition coefficient (Wildman–Crippen LogP) is 2.57. The Hall–Kier alpha value is -1.65. The van der Waals surface area contributed by atoms with Gasteiger partial charge in [-0.2, -0.15) is 13.2 Å². The Bertz CT molecular complexity index is 801. The summed E-state index contributed by atoms with van der Waals surface area (Å²) in [6, 6.07) is 7.26. The van der Waals surface area contributed by atoms with Gasteiger partial charge in [-0.1, -0.05) is 37.3 Å². The number of aliphatic hydroxyl groups is 1. The Morgan fingerprint density at radius 2 is 1.86 bits per heavy atom. The zero-order valence-electron chi connectivity index (χ0n) is 15.4. The molecule has 0 spiro atoms. The zero-order valence-corrected chi connectivity index (χ0v) is 16.2. The fourth-order valence-electron chi connectivity index (χ4n) is 3.74. The number of hydrogen-bond acceptors (Lipinski definition) is 5. The average Bonchev–Trinajstić information content (AvgIpc) is 3.29. The Labute approximate surface area is 161 Å². The number of carboxylic acid groups (broad SMARTS) is 1. The van der Waals surface area contributed by atoms with Gasteiger partial charge >= 0.3 is 12.1 Å². The molecule has 0 bridgehead atoms. The first-order valence-electron chi connectivity index (χ1n) is 8.87. The van der Waals surface area contributed by atoms with Crippen LogP contribution in [0.2, 0.25) is 0 Å². The molecule has 6 atom stereocenters. The van der Waals surface area contributed by atoms with Gasteiger partial charge in [0.05, 0.1) is 0 Å². The fraction of sp³-hybridized carbons (Fsp3) is 0.611. The Morgan fingerprint density at radius 1 is 1.29 bits per heavy atom. The Kier molecular flexibility index (Phi) is 6.47. The molecule has 5 N–H and O–H groups in total. The molecule has 2 rings (SSSR count). The molecule has 0 saturated heterocycles. The number of nitrogens with two attached hydrogens (primary N) is 1. The maximum Gasteiger partial charge on any atom is 0.417 e. The number of alkyl halides is 3. The minimum Gasteiger partial charge on any atom is -0.480 e. The van der Waals surface area contributed by atoms with E-state index in [1.807, 2.05) is 0 Å². The molecule has 0 aliphatic heterocycles. The van der Waals surface area contributed by atoms with Crippen LogP contribution in [0.4, 0.5) is 13.2 Å². The molecule has 1 fully saturated rings. The van der Waals surface area contributed by atoms with Crippen LogP contribution >= 0.6 is 0 Å². The third-order valence-electron chi connectivity index (χ3n) is 5.49. The van der Waals surface area contributed by atoms with E-state index >= 15 is 0 Å². The van der Waals surface area contributed by atoms with Crippen LogP contribution in [0.15, 0.2) is 30.3 Å². The molecule has 3 unspecified atom stereocenters. The molecule has 0 radical (unpaired) electrons. The molecule has 0 amide bonds. The standard InChI is InChI=1S/C18H25F3N2O4S/c1-11-14(12-5-3-2-4-6-12)15(11)17(26,18(19,20)21)8-10-28(23,27)9-7-13(22)16(24)25/h2-6,11,13-15,23,26H,7-10,22H2,1H3,(H,24,25)/t11-,13+,14-,15?,17?,28?/m1/s1. The number of rotatable bonds is 9. The van der Waals surface area contributed by atoms with Gasteiger partial charge in [-0.15, -0.1) is 0 Å². The number of nitrogens with one attached hydrogen (secondary N) is 1. The lowest BCUT2D eigenvalue weighted by Crippen LogP contribution is -2.49. The van der Waals surface area contributed by atoms with Crippen molar-refractivity contribution in [3.63, 3.8) is 0 Å². The van der Waals surface area contributed by atoms with Crippen LogP contribution in [-0.4, -0.2) is 49.7 Å². The Balaban J connectivity index is 2.13. The summed E-state index contributed by atoms with van der Waals surface area (Å²) in [4.78, 5) is 10.7. The highest BCUT2D eigenvalue weighted by Gasteiger charge is 2.69. The van der Waals surface area contributed by atoms with Gasteiger partial charge in [-0.25, -0.2) is 4.21 Å². The third-order valence-corrected chi connectivity index (χ3v) is 7.25. The van der Waals surface area contributed by atoms with Crippen molar-refractivity contribution in [1.29, 1.82) is 4.78 Å². The van der Waals surface area contributed by atoms with Crippen LogP contribution in [0.5, 0.6) is 0 Å². The van der Waals surface area contributed by atoms with E-state index in [0.717, 1.165) is 0 Å². The van der Waals surface area contributed by atoms with E-state index < -0.39 is 69.2 Å². The monoisotopic (exact) mass is 422 g/mol. The van der Waals surface area contributed by atoms with Crippen molar-refractivity contribution < 1.29 is 32.4 Å². The summed E-state index contributed by atoms with van der Waals surface area (Å²) in [7, 11) is -3.51. The minimum absolute atomic E-state index is 0.283. The normalized spacial score (nSPS) is 27.4. The molecule has 158 valence electrons. The molecule has 0 heterocycles. The summed E-state index contributed by atoms with van der Waals surface area (Å²) >= 11 is 0. The van der Waals surface area contributed by atoms with E-state index in [1.165, 1.54) is 0 Å². The molecule has 1 aliphatic rings. The highest BCUT2D eigenvalue weighted by molar-refractivity contribution is 7.92. The molecule has 6 nitrogen and oxygen atoms in total. The maximum atomic E-state index is 13.8. The number of benzene rings is 1. The van der Waals surface area contributed by atoms with Crippen molar-refractivity contribution >= 4 is 15.7 Å². The smallest absolute Gasteiger partial charge is 0.417 e. The van der Waals surface area contributed by atoms with Gasteiger partial charge < -0.3 is 15.9 Å². The molecule has 1 aromatic carbocycles. The zero-order chi connectivity index (χ0) is 21.3.